The van der Waals surface area contributed by atoms with Crippen molar-refractivity contribution in [1.29, 1.82) is 0 Å². The lowest BCUT2D eigenvalue weighted by atomic mass is 9.71. The van der Waals surface area contributed by atoms with Gasteiger partial charge in [-0.25, -0.2) is 24.0 Å². The van der Waals surface area contributed by atoms with Crippen LogP contribution >= 0.6 is 0 Å². The molecule has 10 atom stereocenters. The van der Waals surface area contributed by atoms with Gasteiger partial charge in [0.15, 0.2) is 82.6 Å². The number of carboxylic acid groups (broad SMARTS) is 2. The van der Waals surface area contributed by atoms with Crippen molar-refractivity contribution >= 4 is 54.0 Å². The molecule has 78 heavy (non-hydrogen) atoms. The maximum absolute atomic E-state index is 15.3. The van der Waals surface area contributed by atoms with Gasteiger partial charge in [0.2, 0.25) is 11.5 Å². The molecule has 0 spiro atoms. The number of carboxylic acids is 2. The van der Waals surface area contributed by atoms with Crippen molar-refractivity contribution in [3.05, 3.63) is 136 Å². The Kier molecular flexibility index (Phi) is 16.8. The number of phenolic OH excluding ortho intramolecular Hbond substituents is 8. The molecule has 26 heteroatoms. The Morgan fingerprint density at radius 2 is 0.974 bits per heavy atom. The molecule has 2 aliphatic heterocycles. The second-order valence-corrected chi connectivity index (χ2v) is 17.3. The topological polar surface area (TPSA) is 441 Å². The van der Waals surface area contributed by atoms with Crippen molar-refractivity contribution in [2.45, 2.75) is 54.7 Å². The molecule has 14 N–H and O–H groups in total. The lowest BCUT2D eigenvalue weighted by molar-refractivity contribution is -0.189. The van der Waals surface area contributed by atoms with Crippen molar-refractivity contribution in [2.75, 3.05) is 13.2 Å². The summed E-state index contributed by atoms with van der Waals surface area (Å²) in [4.78, 5) is 82.0. The number of rotatable bonds is 17. The van der Waals surface area contributed by atoms with Crippen molar-refractivity contribution in [1.82, 2.24) is 0 Å². The predicted molar refractivity (Wildman–Crippen MR) is 257 cm³/mol. The van der Waals surface area contributed by atoms with Gasteiger partial charge < -0.3 is 99.9 Å². The number of carbonyl (C=O) groups is 6. The number of aliphatic carboxylic acids is 2. The SMILES string of the molecule is O=C(/C=C/c1ccc(O)c(O)c1)O[C@H]1[C@@H]([C@H](O)CO)OC(C(=O)O)=C[C@H]1OC(=O)[C@@H]1C(C(=O)O[C@@H]2C=C(C(=O)O)O[C@H]([C@@H](O)CO)[C@@H]2OC(=O)/C=C/c2ccc(O)c(O)c2)=Cc2cc(O)c(O)cc2[C@H]1c1ccc(O)c(O)c1. The van der Waals surface area contributed by atoms with Gasteiger partial charge in [-0.2, -0.15) is 0 Å². The molecule has 0 fully saturated rings. The van der Waals surface area contributed by atoms with Crippen molar-refractivity contribution in [2.24, 2.45) is 5.92 Å². The van der Waals surface area contributed by atoms with Crippen LogP contribution in [-0.4, -0.2) is 169 Å². The summed E-state index contributed by atoms with van der Waals surface area (Å²) in [7, 11) is 0. The fourth-order valence-corrected chi connectivity index (χ4v) is 8.42. The number of esters is 4. The van der Waals surface area contributed by atoms with Gasteiger partial charge in [0.05, 0.1) is 24.7 Å². The van der Waals surface area contributed by atoms with Gasteiger partial charge in [-0.1, -0.05) is 18.2 Å². The van der Waals surface area contributed by atoms with Crippen LogP contribution in [0.3, 0.4) is 0 Å². The van der Waals surface area contributed by atoms with E-state index in [1.165, 1.54) is 12.1 Å². The van der Waals surface area contributed by atoms with Crippen molar-refractivity contribution in [3.63, 3.8) is 0 Å². The summed E-state index contributed by atoms with van der Waals surface area (Å²) in [5.41, 5.74) is -1.02. The molecule has 4 aromatic rings. The Morgan fingerprint density at radius 3 is 1.42 bits per heavy atom. The normalized spacial score (nSPS) is 22.5. The zero-order chi connectivity index (χ0) is 56.9. The maximum Gasteiger partial charge on any atom is 0.370 e. The van der Waals surface area contributed by atoms with Crippen LogP contribution in [0.2, 0.25) is 0 Å². The Hall–Kier alpha value is -9.76. The van der Waals surface area contributed by atoms with Crippen LogP contribution in [0.15, 0.2) is 108 Å². The number of fused-ring (bicyclic) bond motifs is 1. The van der Waals surface area contributed by atoms with Gasteiger partial charge in [0.1, 0.15) is 12.2 Å². The molecule has 0 aromatic heterocycles. The van der Waals surface area contributed by atoms with E-state index in [4.69, 9.17) is 28.4 Å². The number of aliphatic hydroxyl groups excluding tert-OH is 4. The molecular formula is C52H46O26. The first kappa shape index (κ1) is 56.0. The first-order valence-corrected chi connectivity index (χ1v) is 22.8. The number of aromatic hydroxyl groups is 8. The van der Waals surface area contributed by atoms with Crippen LogP contribution in [0.1, 0.15) is 33.7 Å². The Labute approximate surface area is 437 Å². The zero-order valence-electron chi connectivity index (χ0n) is 39.7. The quantitative estimate of drug-likeness (QED) is 0.0303. The van der Waals surface area contributed by atoms with Crippen LogP contribution in [0, 0.1) is 5.92 Å². The van der Waals surface area contributed by atoms with Gasteiger partial charge in [-0.05, 0) is 94.6 Å². The minimum atomic E-state index is -2.20. The number of benzene rings is 4. The van der Waals surface area contributed by atoms with Crippen LogP contribution in [0.5, 0.6) is 46.0 Å². The highest BCUT2D eigenvalue weighted by atomic mass is 16.6. The molecule has 4 aromatic carbocycles. The van der Waals surface area contributed by atoms with Gasteiger partial charge in [-0.3, -0.25) is 4.79 Å². The number of hydrogen-bond acceptors (Lipinski definition) is 24. The Morgan fingerprint density at radius 1 is 0.538 bits per heavy atom. The molecule has 3 aliphatic rings. The van der Waals surface area contributed by atoms with E-state index >= 15 is 9.59 Å². The lowest BCUT2D eigenvalue weighted by Crippen LogP contribution is -2.54. The van der Waals surface area contributed by atoms with Gasteiger partial charge in [0.25, 0.3) is 0 Å². The molecule has 0 saturated heterocycles. The van der Waals surface area contributed by atoms with Crippen LogP contribution in [-0.2, 0) is 57.2 Å². The third kappa shape index (κ3) is 12.3. The number of hydrogen-bond donors (Lipinski definition) is 14. The third-order valence-electron chi connectivity index (χ3n) is 12.2. The van der Waals surface area contributed by atoms with E-state index in [0.717, 1.165) is 85.0 Å². The summed E-state index contributed by atoms with van der Waals surface area (Å²) < 4.78 is 33.5. The fourth-order valence-electron chi connectivity index (χ4n) is 8.42. The summed E-state index contributed by atoms with van der Waals surface area (Å²) >= 11 is 0. The van der Waals surface area contributed by atoms with E-state index in [-0.39, 0.29) is 27.8 Å². The highest BCUT2D eigenvalue weighted by Gasteiger charge is 2.51. The molecule has 1 aliphatic carbocycles. The van der Waals surface area contributed by atoms with Gasteiger partial charge >= 0.3 is 35.8 Å². The summed E-state index contributed by atoms with van der Waals surface area (Å²) in [6, 6.07) is 11.7. The minimum absolute atomic E-state index is 0.129. The summed E-state index contributed by atoms with van der Waals surface area (Å²) in [5, 5.41) is 144. The first-order chi connectivity index (χ1) is 37.0. The van der Waals surface area contributed by atoms with E-state index in [0.29, 0.717) is 12.2 Å². The molecule has 2 heterocycles. The second kappa shape index (κ2) is 23.4. The van der Waals surface area contributed by atoms with Crippen LogP contribution in [0.25, 0.3) is 18.2 Å². The first-order valence-electron chi connectivity index (χ1n) is 22.8. The van der Waals surface area contributed by atoms with Crippen molar-refractivity contribution < 1.29 is 129 Å². The second-order valence-electron chi connectivity index (χ2n) is 17.3. The number of phenols is 8. The fraction of sp³-hybridized carbons (Fsp3) is 0.231. The third-order valence-corrected chi connectivity index (χ3v) is 12.2. The number of aliphatic hydroxyl groups is 4. The standard InChI is InChI=1S/C52H46O26/c53-19-35(63)45-47(77-41(65)9-3-21-1-6-27(55)30(58)11-21)37(17-39(73-45)49(67)68)75-51(71)26-13-24-15-33(61)34(62)16-25(24)43(23-5-8-29(57)32(60)14-23)44(26)52(72)76-38-18-40(50(69)70)74-46(36(64)20-54)48(38)78-42(66)10-4-22-2-7-28(56)31(59)12-22/h1-18,35-38,43-48,53-64H,19-20H2,(H,67,68)(H,69,70)/b9-3+,10-4+/t35-,36+,37+,38+,43+,44+,45+,46+,47+,48+/m0/s1. The minimum Gasteiger partial charge on any atom is -0.504 e. The smallest absolute Gasteiger partial charge is 0.370 e. The molecule has 0 radical (unpaired) electrons. The summed E-state index contributed by atoms with van der Waals surface area (Å²) in [6.45, 7) is -2.34. The number of ether oxygens (including phenoxy) is 6. The van der Waals surface area contributed by atoms with Gasteiger partial charge in [0, 0.05) is 30.2 Å². The predicted octanol–water partition coefficient (Wildman–Crippen LogP) is 0.992. The monoisotopic (exact) mass is 1090 g/mol. The Bertz CT molecular complexity index is 3190. The molecule has 7 rings (SSSR count). The van der Waals surface area contributed by atoms with E-state index in [1.807, 2.05) is 0 Å². The van der Waals surface area contributed by atoms with Gasteiger partial charge in [-0.15, -0.1) is 0 Å². The lowest BCUT2D eigenvalue weighted by Gasteiger charge is -2.39. The number of carbonyl (C=O) groups excluding carboxylic acids is 4. The van der Waals surface area contributed by atoms with Crippen LogP contribution < -0.4 is 0 Å². The highest BCUT2D eigenvalue weighted by Crippen LogP contribution is 2.49. The summed E-state index contributed by atoms with van der Waals surface area (Å²) in [5.74, 6) is -20.7. The molecule has 0 saturated carbocycles. The average Bonchev–Trinajstić information content (AvgIpc) is 3.41. The molecule has 0 unspecified atom stereocenters. The highest BCUT2D eigenvalue weighted by molar-refractivity contribution is 6.02. The molecule has 0 amide bonds. The maximum atomic E-state index is 15.3. The van der Waals surface area contributed by atoms with E-state index in [9.17, 15) is 90.7 Å². The molecular weight excluding hydrogens is 1040 g/mol. The zero-order valence-corrected chi connectivity index (χ0v) is 39.7. The largest absolute Gasteiger partial charge is 0.504 e. The van der Waals surface area contributed by atoms with Crippen molar-refractivity contribution in [3.8, 4) is 46.0 Å². The van der Waals surface area contributed by atoms with Crippen LogP contribution in [0.4, 0.5) is 0 Å². The van der Waals surface area contributed by atoms with E-state index in [1.54, 1.807) is 0 Å². The van der Waals surface area contributed by atoms with E-state index < -0.39 is 173 Å². The molecule has 26 nitrogen and oxygen atoms in total. The molecule has 0 bridgehead atoms. The average molecular weight is 1090 g/mol. The Balaban J connectivity index is 1.34. The summed E-state index contributed by atoms with van der Waals surface area (Å²) in [6.07, 6.45) is -10.8. The molecule has 410 valence electrons. The van der Waals surface area contributed by atoms with E-state index in [2.05, 4.69) is 0 Å².